The van der Waals surface area contributed by atoms with Crippen LogP contribution in [0, 0.1) is 0 Å². The molecular formula is C16H23N3O3. The van der Waals surface area contributed by atoms with E-state index in [1.807, 2.05) is 55.5 Å². The van der Waals surface area contributed by atoms with Crippen molar-refractivity contribution in [2.24, 2.45) is 0 Å². The second-order valence-electron chi connectivity index (χ2n) is 5.38. The van der Waals surface area contributed by atoms with Crippen LogP contribution in [0.3, 0.4) is 0 Å². The highest BCUT2D eigenvalue weighted by atomic mass is 16.5. The van der Waals surface area contributed by atoms with E-state index in [2.05, 4.69) is 10.6 Å². The van der Waals surface area contributed by atoms with Crippen molar-refractivity contribution in [2.45, 2.75) is 19.1 Å². The minimum atomic E-state index is -0.407. The number of hydrogen-bond acceptors (Lipinski definition) is 5. The third-order valence-electron chi connectivity index (χ3n) is 3.16. The largest absolute Gasteiger partial charge is 0.478 e. The van der Waals surface area contributed by atoms with Gasteiger partial charge in [-0.15, -0.1) is 0 Å². The molecule has 0 spiro atoms. The van der Waals surface area contributed by atoms with Crippen LogP contribution in [0.2, 0.25) is 0 Å². The van der Waals surface area contributed by atoms with E-state index in [1.54, 1.807) is 0 Å². The number of alkyl carbamates (subject to hydrolysis) is 1. The third kappa shape index (κ3) is 5.55. The molecule has 1 saturated heterocycles. The second kappa shape index (κ2) is 8.17. The summed E-state index contributed by atoms with van der Waals surface area (Å²) in [6, 6.07) is 9.60. The highest BCUT2D eigenvalue weighted by molar-refractivity contribution is 5.67. The van der Waals surface area contributed by atoms with Crippen molar-refractivity contribution in [1.29, 1.82) is 0 Å². The molecule has 6 nitrogen and oxygen atoms in total. The zero-order chi connectivity index (χ0) is 15.8. The monoisotopic (exact) mass is 305 g/mol. The summed E-state index contributed by atoms with van der Waals surface area (Å²) in [4.78, 5) is 13.7. The Balaban J connectivity index is 1.75. The molecule has 1 aliphatic rings. The molecule has 1 amide bonds. The molecule has 0 aliphatic carbocycles. The standard InChI is InChI=1S/C16H23N3O3/c1-19(2)11-15-17-10-14(8-9-21-15)18-16(20)22-12-13-6-4-3-5-7-13/h3-7,11,14,17H,8-10,12H2,1-2H3,(H,18,20)/t14-/m0/s1. The first-order valence-corrected chi connectivity index (χ1v) is 7.35. The van der Waals surface area contributed by atoms with Crippen molar-refractivity contribution in [3.05, 3.63) is 48.0 Å². The van der Waals surface area contributed by atoms with Crippen LogP contribution < -0.4 is 10.6 Å². The average Bonchev–Trinajstić information content (AvgIpc) is 2.71. The fourth-order valence-electron chi connectivity index (χ4n) is 2.06. The Kier molecular flexibility index (Phi) is 5.94. The number of carbonyl (C=O) groups is 1. The lowest BCUT2D eigenvalue weighted by atomic mass is 10.2. The maximum atomic E-state index is 11.8. The Morgan fingerprint density at radius 1 is 1.45 bits per heavy atom. The summed E-state index contributed by atoms with van der Waals surface area (Å²) >= 11 is 0. The molecular weight excluding hydrogens is 282 g/mol. The van der Waals surface area contributed by atoms with Gasteiger partial charge in [0.1, 0.15) is 6.61 Å². The molecule has 1 heterocycles. The van der Waals surface area contributed by atoms with Crippen molar-refractivity contribution < 1.29 is 14.3 Å². The van der Waals surface area contributed by atoms with Crippen LogP contribution in [0.5, 0.6) is 0 Å². The van der Waals surface area contributed by atoms with Crippen LogP contribution >= 0.6 is 0 Å². The van der Waals surface area contributed by atoms with Crippen molar-refractivity contribution in [2.75, 3.05) is 27.2 Å². The summed E-state index contributed by atoms with van der Waals surface area (Å²) in [5, 5.41) is 6.03. The maximum absolute atomic E-state index is 11.8. The van der Waals surface area contributed by atoms with E-state index < -0.39 is 6.09 Å². The van der Waals surface area contributed by atoms with Gasteiger partial charge < -0.3 is 25.0 Å². The van der Waals surface area contributed by atoms with Gasteiger partial charge in [-0.05, 0) is 5.56 Å². The molecule has 0 bridgehead atoms. The quantitative estimate of drug-likeness (QED) is 0.885. The number of nitrogens with zero attached hydrogens (tertiary/aromatic N) is 1. The second-order valence-corrected chi connectivity index (χ2v) is 5.38. The fourth-order valence-corrected chi connectivity index (χ4v) is 2.06. The maximum Gasteiger partial charge on any atom is 0.407 e. The van der Waals surface area contributed by atoms with Gasteiger partial charge in [0.05, 0.1) is 18.8 Å². The molecule has 1 aliphatic heterocycles. The summed E-state index contributed by atoms with van der Waals surface area (Å²) in [7, 11) is 3.86. The van der Waals surface area contributed by atoms with Gasteiger partial charge in [-0.3, -0.25) is 0 Å². The van der Waals surface area contributed by atoms with E-state index in [-0.39, 0.29) is 12.6 Å². The first-order chi connectivity index (χ1) is 10.6. The summed E-state index contributed by atoms with van der Waals surface area (Å²) in [6.45, 7) is 1.44. The average molecular weight is 305 g/mol. The smallest absolute Gasteiger partial charge is 0.407 e. The molecule has 6 heteroatoms. The van der Waals surface area contributed by atoms with Crippen LogP contribution in [0.4, 0.5) is 4.79 Å². The zero-order valence-electron chi connectivity index (χ0n) is 13.0. The van der Waals surface area contributed by atoms with Gasteiger partial charge in [0.15, 0.2) is 0 Å². The molecule has 0 aromatic heterocycles. The molecule has 0 radical (unpaired) electrons. The molecule has 22 heavy (non-hydrogen) atoms. The number of carbonyl (C=O) groups excluding carboxylic acids is 1. The Bertz CT molecular complexity index is 503. The van der Waals surface area contributed by atoms with Crippen molar-refractivity contribution in [3.63, 3.8) is 0 Å². The van der Waals surface area contributed by atoms with Gasteiger partial charge in [0.25, 0.3) is 0 Å². The van der Waals surface area contributed by atoms with Crippen LogP contribution in [-0.2, 0) is 16.1 Å². The molecule has 0 unspecified atom stereocenters. The topological polar surface area (TPSA) is 62.8 Å². The number of hydrogen-bond donors (Lipinski definition) is 2. The number of benzene rings is 1. The highest BCUT2D eigenvalue weighted by Crippen LogP contribution is 2.05. The highest BCUT2D eigenvalue weighted by Gasteiger charge is 2.17. The van der Waals surface area contributed by atoms with Crippen LogP contribution in [0.1, 0.15) is 12.0 Å². The lowest BCUT2D eigenvalue weighted by Gasteiger charge is -2.15. The van der Waals surface area contributed by atoms with Crippen LogP contribution in [-0.4, -0.2) is 44.3 Å². The third-order valence-corrected chi connectivity index (χ3v) is 3.16. The Morgan fingerprint density at radius 3 is 2.95 bits per heavy atom. The molecule has 120 valence electrons. The van der Waals surface area contributed by atoms with Gasteiger partial charge in [0.2, 0.25) is 5.88 Å². The summed E-state index contributed by atoms with van der Waals surface area (Å²) in [5.74, 6) is 0.715. The first-order valence-electron chi connectivity index (χ1n) is 7.35. The lowest BCUT2D eigenvalue weighted by molar-refractivity contribution is 0.134. The van der Waals surface area contributed by atoms with E-state index in [4.69, 9.17) is 9.47 Å². The van der Waals surface area contributed by atoms with E-state index in [0.29, 0.717) is 19.0 Å². The van der Waals surface area contributed by atoms with Crippen molar-refractivity contribution in [3.8, 4) is 0 Å². The Hall–Kier alpha value is -2.37. The number of amides is 1. The summed E-state index contributed by atoms with van der Waals surface area (Å²) in [5.41, 5.74) is 0.969. The molecule has 1 atom stereocenters. The normalized spacial score (nSPS) is 19.5. The van der Waals surface area contributed by atoms with Gasteiger partial charge in [-0.2, -0.15) is 0 Å². The first kappa shape index (κ1) is 16.0. The fraction of sp³-hybridized carbons (Fsp3) is 0.438. The van der Waals surface area contributed by atoms with E-state index in [0.717, 1.165) is 12.0 Å². The van der Waals surface area contributed by atoms with Crippen molar-refractivity contribution >= 4 is 6.09 Å². The molecule has 2 N–H and O–H groups in total. The van der Waals surface area contributed by atoms with Crippen molar-refractivity contribution in [1.82, 2.24) is 15.5 Å². The minimum Gasteiger partial charge on any atom is -0.478 e. The van der Waals surface area contributed by atoms with E-state index >= 15 is 0 Å². The predicted molar refractivity (Wildman–Crippen MR) is 83.9 cm³/mol. The SMILES string of the molecule is CN(C)C=C1NC[C@@H](NC(=O)OCc2ccccc2)CCO1. The Morgan fingerprint density at radius 2 is 2.23 bits per heavy atom. The molecule has 1 fully saturated rings. The molecule has 2 rings (SSSR count). The van der Waals surface area contributed by atoms with Gasteiger partial charge in [-0.1, -0.05) is 30.3 Å². The predicted octanol–water partition coefficient (Wildman–Crippen LogP) is 1.65. The number of ether oxygens (including phenoxy) is 2. The van der Waals surface area contributed by atoms with Crippen LogP contribution in [0.25, 0.3) is 0 Å². The molecule has 0 saturated carbocycles. The molecule has 1 aromatic carbocycles. The molecule has 1 aromatic rings. The summed E-state index contributed by atoms with van der Waals surface area (Å²) < 4.78 is 10.8. The zero-order valence-corrected chi connectivity index (χ0v) is 13.0. The summed E-state index contributed by atoms with van der Waals surface area (Å²) in [6.07, 6.45) is 2.20. The van der Waals surface area contributed by atoms with Gasteiger partial charge in [0, 0.05) is 27.1 Å². The van der Waals surface area contributed by atoms with E-state index in [1.165, 1.54) is 0 Å². The van der Waals surface area contributed by atoms with Gasteiger partial charge in [-0.25, -0.2) is 4.79 Å². The minimum absolute atomic E-state index is 0.0173. The number of nitrogens with one attached hydrogen (secondary N) is 2. The van der Waals surface area contributed by atoms with Gasteiger partial charge >= 0.3 is 6.09 Å². The Labute approximate surface area is 131 Å². The number of rotatable bonds is 4. The lowest BCUT2D eigenvalue weighted by Crippen LogP contribution is -2.41. The van der Waals surface area contributed by atoms with Crippen LogP contribution in [0.15, 0.2) is 42.4 Å². The van der Waals surface area contributed by atoms with E-state index in [9.17, 15) is 4.79 Å².